The van der Waals surface area contributed by atoms with E-state index in [1.807, 2.05) is 23.1 Å². The van der Waals surface area contributed by atoms with Crippen LogP contribution < -0.4 is 10.6 Å². The summed E-state index contributed by atoms with van der Waals surface area (Å²) in [5.41, 5.74) is 1.45. The molecule has 2 N–H and O–H groups in total. The van der Waals surface area contributed by atoms with Gasteiger partial charge in [0.1, 0.15) is 0 Å². The molecule has 2 aromatic rings. The van der Waals surface area contributed by atoms with Crippen LogP contribution in [0.15, 0.2) is 42.7 Å². The van der Waals surface area contributed by atoms with Gasteiger partial charge in [0.2, 0.25) is 11.8 Å². The number of nitrogens with one attached hydrogen (secondary N) is 2. The van der Waals surface area contributed by atoms with Crippen molar-refractivity contribution >= 4 is 23.2 Å². The fourth-order valence-electron chi connectivity index (χ4n) is 3.24. The molecule has 1 fully saturated rings. The van der Waals surface area contributed by atoms with Gasteiger partial charge >= 0.3 is 0 Å². The molecule has 0 aliphatic carbocycles. The van der Waals surface area contributed by atoms with E-state index in [2.05, 4.69) is 20.6 Å². The van der Waals surface area contributed by atoms with Crippen LogP contribution in [0.1, 0.15) is 19.8 Å². The molecule has 0 bridgehead atoms. The van der Waals surface area contributed by atoms with Gasteiger partial charge in [-0.25, -0.2) is 0 Å². The van der Waals surface area contributed by atoms with Crippen molar-refractivity contribution < 1.29 is 9.59 Å². The molecule has 1 aromatic heterocycles. The predicted octanol–water partition coefficient (Wildman–Crippen LogP) is 2.19. The van der Waals surface area contributed by atoms with Gasteiger partial charge in [-0.1, -0.05) is 0 Å². The lowest BCUT2D eigenvalue weighted by atomic mass is 9.97. The molecule has 7 heteroatoms. The van der Waals surface area contributed by atoms with Gasteiger partial charge in [-0.05, 0) is 62.2 Å². The summed E-state index contributed by atoms with van der Waals surface area (Å²) in [4.78, 5) is 25.5. The van der Waals surface area contributed by atoms with E-state index in [4.69, 9.17) is 0 Å². The minimum atomic E-state index is -0.113. The van der Waals surface area contributed by atoms with E-state index in [0.29, 0.717) is 12.5 Å². The molecule has 0 atom stereocenters. The van der Waals surface area contributed by atoms with Gasteiger partial charge in [0.15, 0.2) is 0 Å². The monoisotopic (exact) mass is 355 g/mol. The molecule has 1 saturated heterocycles. The Morgan fingerprint density at radius 3 is 2.35 bits per heavy atom. The highest BCUT2D eigenvalue weighted by Gasteiger charge is 2.21. The van der Waals surface area contributed by atoms with Crippen LogP contribution in [0.4, 0.5) is 11.4 Å². The molecule has 3 rings (SSSR count). The average molecular weight is 355 g/mol. The van der Waals surface area contributed by atoms with Crippen molar-refractivity contribution in [3.8, 4) is 0 Å². The molecular formula is C19H25N5O2. The predicted molar refractivity (Wildman–Crippen MR) is 101 cm³/mol. The third kappa shape index (κ3) is 5.42. The van der Waals surface area contributed by atoms with Crippen LogP contribution >= 0.6 is 0 Å². The summed E-state index contributed by atoms with van der Waals surface area (Å²) in [6.45, 7) is 4.69. The highest BCUT2D eigenvalue weighted by atomic mass is 16.2. The Morgan fingerprint density at radius 2 is 1.77 bits per heavy atom. The second kappa shape index (κ2) is 8.62. The smallest absolute Gasteiger partial charge is 0.238 e. The van der Waals surface area contributed by atoms with Crippen molar-refractivity contribution in [3.63, 3.8) is 0 Å². The summed E-state index contributed by atoms with van der Waals surface area (Å²) in [7, 11) is 0. The number of amides is 2. The van der Waals surface area contributed by atoms with E-state index in [1.54, 1.807) is 24.3 Å². The van der Waals surface area contributed by atoms with Gasteiger partial charge < -0.3 is 10.6 Å². The molecule has 138 valence electrons. The van der Waals surface area contributed by atoms with Gasteiger partial charge in [0.25, 0.3) is 0 Å². The number of rotatable bonds is 6. The Labute approximate surface area is 153 Å². The lowest BCUT2D eigenvalue weighted by Crippen LogP contribution is -2.40. The number of carbonyl (C=O) groups is 2. The highest BCUT2D eigenvalue weighted by Crippen LogP contribution is 2.19. The minimum absolute atomic E-state index is 0.0113. The van der Waals surface area contributed by atoms with E-state index in [0.717, 1.165) is 43.9 Å². The number of hydrogen-bond acceptors (Lipinski definition) is 4. The summed E-state index contributed by atoms with van der Waals surface area (Å²) < 4.78 is 1.98. The number of aromatic nitrogens is 2. The SMILES string of the molecule is CC(=O)Nc1ccc(NC(=O)CN2CCC(Cn3cccn3)CC2)cc1. The molecule has 26 heavy (non-hydrogen) atoms. The van der Waals surface area contributed by atoms with Crippen molar-refractivity contribution in [1.82, 2.24) is 14.7 Å². The first-order valence-electron chi connectivity index (χ1n) is 8.96. The van der Waals surface area contributed by atoms with Gasteiger partial charge in [-0.2, -0.15) is 5.10 Å². The number of carbonyl (C=O) groups excluding carboxylic acids is 2. The molecule has 1 aromatic carbocycles. The second-order valence-corrected chi connectivity index (χ2v) is 6.75. The standard InChI is InChI=1S/C19H25N5O2/c1-15(25)21-17-3-5-18(6-4-17)22-19(26)14-23-11-7-16(8-12-23)13-24-10-2-9-20-24/h2-6,9-10,16H,7-8,11-14H2,1H3,(H,21,25)(H,22,26). The Kier molecular flexibility index (Phi) is 6.01. The number of piperidine rings is 1. The summed E-state index contributed by atoms with van der Waals surface area (Å²) in [6, 6.07) is 9.08. The maximum absolute atomic E-state index is 12.2. The van der Waals surface area contributed by atoms with Crippen LogP contribution in [0.5, 0.6) is 0 Å². The van der Waals surface area contributed by atoms with E-state index >= 15 is 0 Å². The van der Waals surface area contributed by atoms with Crippen LogP contribution in [0.3, 0.4) is 0 Å². The molecule has 0 spiro atoms. The molecule has 0 radical (unpaired) electrons. The number of nitrogens with zero attached hydrogens (tertiary/aromatic N) is 3. The zero-order chi connectivity index (χ0) is 18.4. The third-order valence-corrected chi connectivity index (χ3v) is 4.57. The molecule has 7 nitrogen and oxygen atoms in total. The van der Waals surface area contributed by atoms with Crippen molar-refractivity contribution in [2.75, 3.05) is 30.3 Å². The zero-order valence-corrected chi connectivity index (χ0v) is 15.0. The topological polar surface area (TPSA) is 79.3 Å². The Balaban J connectivity index is 1.40. The van der Waals surface area contributed by atoms with Crippen LogP contribution in [0.2, 0.25) is 0 Å². The van der Waals surface area contributed by atoms with Crippen LogP contribution in [0, 0.1) is 5.92 Å². The fraction of sp³-hybridized carbons (Fsp3) is 0.421. The van der Waals surface area contributed by atoms with Crippen molar-refractivity contribution in [2.24, 2.45) is 5.92 Å². The first kappa shape index (κ1) is 18.1. The molecule has 0 saturated carbocycles. The van der Waals surface area contributed by atoms with E-state index in [1.165, 1.54) is 6.92 Å². The first-order chi connectivity index (χ1) is 12.6. The minimum Gasteiger partial charge on any atom is -0.326 e. The summed E-state index contributed by atoms with van der Waals surface area (Å²) >= 11 is 0. The van der Waals surface area contributed by atoms with E-state index in [-0.39, 0.29) is 11.8 Å². The number of benzene rings is 1. The molecule has 2 amide bonds. The van der Waals surface area contributed by atoms with Gasteiger partial charge in [0.05, 0.1) is 6.54 Å². The quantitative estimate of drug-likeness (QED) is 0.832. The average Bonchev–Trinajstić information content (AvgIpc) is 3.11. The van der Waals surface area contributed by atoms with Crippen molar-refractivity contribution in [2.45, 2.75) is 26.3 Å². The summed E-state index contributed by atoms with van der Waals surface area (Å²) in [5.74, 6) is 0.496. The van der Waals surface area contributed by atoms with E-state index < -0.39 is 0 Å². The lowest BCUT2D eigenvalue weighted by molar-refractivity contribution is -0.117. The Morgan fingerprint density at radius 1 is 1.12 bits per heavy atom. The van der Waals surface area contributed by atoms with Crippen molar-refractivity contribution in [1.29, 1.82) is 0 Å². The Bertz CT molecular complexity index is 719. The molecule has 0 unspecified atom stereocenters. The number of hydrogen-bond donors (Lipinski definition) is 2. The molecule has 1 aliphatic heterocycles. The number of anilines is 2. The summed E-state index contributed by atoms with van der Waals surface area (Å²) in [5, 5.41) is 9.88. The fourth-order valence-corrected chi connectivity index (χ4v) is 3.24. The van der Waals surface area contributed by atoms with Crippen LogP contribution in [-0.2, 0) is 16.1 Å². The molecule has 2 heterocycles. The lowest BCUT2D eigenvalue weighted by Gasteiger charge is -2.31. The summed E-state index contributed by atoms with van der Waals surface area (Å²) in [6.07, 6.45) is 5.97. The first-order valence-corrected chi connectivity index (χ1v) is 8.96. The third-order valence-electron chi connectivity index (χ3n) is 4.57. The second-order valence-electron chi connectivity index (χ2n) is 6.75. The maximum Gasteiger partial charge on any atom is 0.238 e. The van der Waals surface area contributed by atoms with E-state index in [9.17, 15) is 9.59 Å². The molecule has 1 aliphatic rings. The Hall–Kier alpha value is -2.67. The van der Waals surface area contributed by atoms with Crippen LogP contribution in [0.25, 0.3) is 0 Å². The zero-order valence-electron chi connectivity index (χ0n) is 15.0. The van der Waals surface area contributed by atoms with Gasteiger partial charge in [-0.15, -0.1) is 0 Å². The van der Waals surface area contributed by atoms with Crippen LogP contribution in [-0.4, -0.2) is 46.1 Å². The van der Waals surface area contributed by atoms with Gasteiger partial charge in [-0.3, -0.25) is 19.2 Å². The van der Waals surface area contributed by atoms with Gasteiger partial charge in [0, 0.05) is 37.2 Å². The number of likely N-dealkylation sites (tertiary alicyclic amines) is 1. The molecular weight excluding hydrogens is 330 g/mol. The normalized spacial score (nSPS) is 15.6. The largest absolute Gasteiger partial charge is 0.326 e. The highest BCUT2D eigenvalue weighted by molar-refractivity contribution is 5.93. The maximum atomic E-state index is 12.2. The van der Waals surface area contributed by atoms with Crippen molar-refractivity contribution in [3.05, 3.63) is 42.7 Å².